The average molecular weight is 359 g/mol. The van der Waals surface area contributed by atoms with Crippen LogP contribution in [-0.2, 0) is 0 Å². The Morgan fingerprint density at radius 1 is 0.630 bits per heavy atom. The van der Waals surface area contributed by atoms with Gasteiger partial charge in [-0.15, -0.1) is 0 Å². The van der Waals surface area contributed by atoms with Gasteiger partial charge in [-0.1, -0.05) is 24.3 Å². The second kappa shape index (κ2) is 5.73. The number of nitrogens with zero attached hydrogens (tertiary/aromatic N) is 3. The van der Waals surface area contributed by atoms with Gasteiger partial charge in [-0.25, -0.2) is 19.6 Å². The zero-order chi connectivity index (χ0) is 18.4. The van der Waals surface area contributed by atoms with E-state index in [-0.39, 0.29) is 23.4 Å². The maximum absolute atomic E-state index is 12.1. The monoisotopic (exact) mass is 359 g/mol. The summed E-state index contributed by atoms with van der Waals surface area (Å²) in [6.07, 6.45) is 1.26. The van der Waals surface area contributed by atoms with Gasteiger partial charge in [0, 0.05) is 0 Å². The van der Waals surface area contributed by atoms with Crippen LogP contribution < -0.4 is 11.3 Å². The normalized spacial score (nSPS) is 11.3. The fourth-order valence-electron chi connectivity index (χ4n) is 2.71. The predicted molar refractivity (Wildman–Crippen MR) is 95.0 cm³/mol. The van der Waals surface area contributed by atoms with E-state index < -0.39 is 11.3 Å². The van der Waals surface area contributed by atoms with Crippen LogP contribution >= 0.6 is 0 Å². The average Bonchev–Trinajstić information content (AvgIpc) is 3.18. The first-order valence-corrected chi connectivity index (χ1v) is 7.95. The standard InChI is InChI=1S/C19H9N3O5/c23-18-10-5-1-3-7-12(10)20-15(26-18)14-9-25-16(22-14)17-21-13-8-4-2-6-11(13)19(24)27-17/h1-9H. The Morgan fingerprint density at radius 3 is 1.85 bits per heavy atom. The van der Waals surface area contributed by atoms with Gasteiger partial charge in [-0.3, -0.25) is 0 Å². The number of rotatable bonds is 2. The van der Waals surface area contributed by atoms with E-state index >= 15 is 0 Å². The van der Waals surface area contributed by atoms with Crippen LogP contribution in [0.3, 0.4) is 0 Å². The van der Waals surface area contributed by atoms with Gasteiger partial charge in [0.1, 0.15) is 6.26 Å². The molecule has 0 unspecified atom stereocenters. The minimum atomic E-state index is -0.550. The molecule has 27 heavy (non-hydrogen) atoms. The van der Waals surface area contributed by atoms with Crippen molar-refractivity contribution in [2.24, 2.45) is 0 Å². The molecule has 0 atom stereocenters. The van der Waals surface area contributed by atoms with Gasteiger partial charge in [-0.05, 0) is 24.3 Å². The van der Waals surface area contributed by atoms with Gasteiger partial charge in [0.15, 0.2) is 5.69 Å². The maximum atomic E-state index is 12.1. The van der Waals surface area contributed by atoms with Crippen LogP contribution in [0.15, 0.2) is 77.6 Å². The first-order chi connectivity index (χ1) is 13.2. The number of aromatic nitrogens is 3. The van der Waals surface area contributed by atoms with Crippen LogP contribution in [0.5, 0.6) is 0 Å². The molecule has 3 aromatic heterocycles. The maximum Gasteiger partial charge on any atom is 0.347 e. The van der Waals surface area contributed by atoms with Crippen LogP contribution in [0.4, 0.5) is 0 Å². The summed E-state index contributed by atoms with van der Waals surface area (Å²) < 4.78 is 15.8. The fourth-order valence-corrected chi connectivity index (χ4v) is 2.71. The zero-order valence-corrected chi connectivity index (χ0v) is 13.6. The van der Waals surface area contributed by atoms with Crippen LogP contribution in [-0.4, -0.2) is 15.0 Å². The minimum absolute atomic E-state index is 0.00293. The molecule has 130 valence electrons. The van der Waals surface area contributed by atoms with Crippen molar-refractivity contribution in [2.45, 2.75) is 0 Å². The molecular weight excluding hydrogens is 350 g/mol. The lowest BCUT2D eigenvalue weighted by Crippen LogP contribution is -2.03. The van der Waals surface area contributed by atoms with Crippen molar-refractivity contribution in [3.8, 4) is 23.4 Å². The van der Waals surface area contributed by atoms with E-state index in [1.165, 1.54) is 6.26 Å². The predicted octanol–water partition coefficient (Wildman–Crippen LogP) is 3.01. The highest BCUT2D eigenvalue weighted by Crippen LogP contribution is 2.23. The number of benzene rings is 2. The topological polar surface area (TPSA) is 112 Å². The lowest BCUT2D eigenvalue weighted by Gasteiger charge is -1.98. The summed E-state index contributed by atoms with van der Waals surface area (Å²) in [6, 6.07) is 13.6. The quantitative estimate of drug-likeness (QED) is 0.473. The first-order valence-electron chi connectivity index (χ1n) is 7.95. The first kappa shape index (κ1) is 15.2. The van der Waals surface area contributed by atoms with Crippen molar-refractivity contribution >= 4 is 21.8 Å². The molecular formula is C19H9N3O5. The summed E-state index contributed by atoms with van der Waals surface area (Å²) in [7, 11) is 0. The number of fused-ring (bicyclic) bond motifs is 2. The third-order valence-electron chi connectivity index (χ3n) is 3.98. The van der Waals surface area contributed by atoms with Crippen molar-refractivity contribution in [3.05, 3.63) is 75.6 Å². The number of hydrogen-bond acceptors (Lipinski definition) is 8. The summed E-state index contributed by atoms with van der Waals surface area (Å²) in [5.41, 5.74) is 0.0363. The van der Waals surface area contributed by atoms with Crippen molar-refractivity contribution in [2.75, 3.05) is 0 Å². The number of para-hydroxylation sites is 2. The molecule has 5 rings (SSSR count). The molecule has 0 aliphatic heterocycles. The third-order valence-corrected chi connectivity index (χ3v) is 3.98. The molecule has 0 radical (unpaired) electrons. The number of hydrogen-bond donors (Lipinski definition) is 0. The summed E-state index contributed by atoms with van der Waals surface area (Å²) in [6.45, 7) is 0. The Labute approximate surface area is 149 Å². The minimum Gasteiger partial charge on any atom is -0.440 e. The van der Waals surface area contributed by atoms with Gasteiger partial charge < -0.3 is 13.3 Å². The molecule has 0 saturated heterocycles. The van der Waals surface area contributed by atoms with Crippen molar-refractivity contribution in [1.29, 1.82) is 0 Å². The molecule has 0 N–H and O–H groups in total. The molecule has 3 heterocycles. The number of oxazole rings is 1. The molecule has 0 saturated carbocycles. The van der Waals surface area contributed by atoms with Crippen molar-refractivity contribution < 1.29 is 13.3 Å². The van der Waals surface area contributed by atoms with Crippen LogP contribution in [0.2, 0.25) is 0 Å². The highest BCUT2D eigenvalue weighted by atomic mass is 16.4. The van der Waals surface area contributed by atoms with Gasteiger partial charge in [0.2, 0.25) is 0 Å². The summed E-state index contributed by atoms with van der Waals surface area (Å²) in [5.74, 6) is -0.101. The SMILES string of the molecule is O=c1oc(-c2coc(-c3nc4ccccc4c(=O)o3)n2)nc2ccccc12. The molecule has 0 spiro atoms. The Balaban J connectivity index is 1.63. The van der Waals surface area contributed by atoms with E-state index in [0.29, 0.717) is 21.8 Å². The van der Waals surface area contributed by atoms with Crippen molar-refractivity contribution in [3.63, 3.8) is 0 Å². The lowest BCUT2D eigenvalue weighted by molar-refractivity contribution is 0.476. The fraction of sp³-hybridized carbons (Fsp3) is 0. The second-order valence-corrected chi connectivity index (χ2v) is 5.69. The summed E-state index contributed by atoms with van der Waals surface area (Å²) >= 11 is 0. The van der Waals surface area contributed by atoms with Crippen LogP contribution in [0.1, 0.15) is 0 Å². The van der Waals surface area contributed by atoms with Gasteiger partial charge in [0.05, 0.1) is 21.8 Å². The molecule has 0 bridgehead atoms. The smallest absolute Gasteiger partial charge is 0.347 e. The highest BCUT2D eigenvalue weighted by Gasteiger charge is 2.17. The van der Waals surface area contributed by atoms with Crippen molar-refractivity contribution in [1.82, 2.24) is 15.0 Å². The lowest BCUT2D eigenvalue weighted by atomic mass is 10.2. The summed E-state index contributed by atoms with van der Waals surface area (Å²) in [5, 5.41) is 0.724. The van der Waals surface area contributed by atoms with Gasteiger partial charge >= 0.3 is 11.3 Å². The van der Waals surface area contributed by atoms with Crippen LogP contribution in [0.25, 0.3) is 45.2 Å². The van der Waals surface area contributed by atoms with E-state index in [0.717, 1.165) is 0 Å². The summed E-state index contributed by atoms with van der Waals surface area (Å²) in [4.78, 5) is 36.9. The van der Waals surface area contributed by atoms with E-state index in [4.69, 9.17) is 13.3 Å². The Hall–Kier alpha value is -4.07. The van der Waals surface area contributed by atoms with E-state index in [9.17, 15) is 9.59 Å². The van der Waals surface area contributed by atoms with Gasteiger partial charge in [-0.2, -0.15) is 4.98 Å². The molecule has 8 heteroatoms. The third kappa shape index (κ3) is 2.51. The molecule has 5 aromatic rings. The Kier molecular flexibility index (Phi) is 3.23. The second-order valence-electron chi connectivity index (χ2n) is 5.69. The Morgan fingerprint density at radius 2 is 1.19 bits per heavy atom. The van der Waals surface area contributed by atoms with E-state index in [1.54, 1.807) is 48.5 Å². The zero-order valence-electron chi connectivity index (χ0n) is 13.6. The van der Waals surface area contributed by atoms with Crippen LogP contribution in [0, 0.1) is 0 Å². The molecule has 8 nitrogen and oxygen atoms in total. The van der Waals surface area contributed by atoms with E-state index in [2.05, 4.69) is 15.0 Å². The van der Waals surface area contributed by atoms with Gasteiger partial charge in [0.25, 0.3) is 17.7 Å². The molecule has 2 aromatic carbocycles. The largest absolute Gasteiger partial charge is 0.440 e. The molecule has 0 fully saturated rings. The molecule has 0 aliphatic carbocycles. The molecule has 0 aliphatic rings. The van der Waals surface area contributed by atoms with E-state index in [1.807, 2.05) is 0 Å². The molecule has 0 amide bonds. The Bertz CT molecular complexity index is 1320. The highest BCUT2D eigenvalue weighted by molar-refractivity contribution is 5.79.